The number of nitrogens with zero attached hydrogens (tertiary/aromatic N) is 2. The molecule has 0 unspecified atom stereocenters. The number of fused-ring (bicyclic) bond motifs is 1. The van der Waals surface area contributed by atoms with E-state index in [1.54, 1.807) is 49.6 Å². The molecule has 6 nitrogen and oxygen atoms in total. The van der Waals surface area contributed by atoms with Gasteiger partial charge in [0.1, 0.15) is 5.75 Å². The largest absolute Gasteiger partial charge is 0.497 e. The number of aryl methyl sites for hydroxylation is 1. The zero-order valence-electron chi connectivity index (χ0n) is 17.2. The summed E-state index contributed by atoms with van der Waals surface area (Å²) in [6.45, 7) is 2.00. The number of methoxy groups -OCH3 is 1. The van der Waals surface area contributed by atoms with Gasteiger partial charge in [0.25, 0.3) is 11.5 Å². The van der Waals surface area contributed by atoms with E-state index in [0.29, 0.717) is 28.0 Å². The molecule has 0 saturated carbocycles. The van der Waals surface area contributed by atoms with Gasteiger partial charge in [0.05, 0.1) is 18.0 Å². The van der Waals surface area contributed by atoms with Crippen molar-refractivity contribution in [3.05, 3.63) is 100 Å². The smallest absolute Gasteiger partial charge is 0.280 e. The molecule has 0 aliphatic rings. The molecular weight excluding hydrogens is 390 g/mol. The lowest BCUT2D eigenvalue weighted by molar-refractivity contribution is -0.112. The molecule has 0 saturated heterocycles. The number of ether oxygens (including phenoxy) is 1. The minimum absolute atomic E-state index is 0.319. The molecule has 154 valence electrons. The Balaban J connectivity index is 1.76. The number of aromatic nitrogens is 2. The standard InChI is InChI=1S/C25H21N3O3/c1-17-10-12-18(13-11-17)14-15-23(29)27-28-24(19-6-5-7-20(16-19)31-2)26-22-9-4-3-8-21(22)25(28)30/h3-16H,1-2H3,(H,27,29)/b15-14+. The Morgan fingerprint density at radius 2 is 1.81 bits per heavy atom. The van der Waals surface area contributed by atoms with Gasteiger partial charge in [0.2, 0.25) is 0 Å². The summed E-state index contributed by atoms with van der Waals surface area (Å²) in [6.07, 6.45) is 3.08. The van der Waals surface area contributed by atoms with Crippen LogP contribution in [0.4, 0.5) is 0 Å². The molecule has 0 aliphatic heterocycles. The van der Waals surface area contributed by atoms with Crippen molar-refractivity contribution in [1.29, 1.82) is 0 Å². The molecular formula is C25H21N3O3. The van der Waals surface area contributed by atoms with Crippen LogP contribution in [-0.2, 0) is 4.79 Å². The maximum absolute atomic E-state index is 13.2. The van der Waals surface area contributed by atoms with Crippen molar-refractivity contribution in [2.75, 3.05) is 12.5 Å². The summed E-state index contributed by atoms with van der Waals surface area (Å²) in [5, 5.41) is 0.414. The average Bonchev–Trinajstić information content (AvgIpc) is 2.80. The van der Waals surface area contributed by atoms with Crippen LogP contribution < -0.4 is 15.7 Å². The maximum atomic E-state index is 13.2. The highest BCUT2D eigenvalue weighted by atomic mass is 16.5. The number of rotatable bonds is 5. The lowest BCUT2D eigenvalue weighted by atomic mass is 10.1. The van der Waals surface area contributed by atoms with Crippen molar-refractivity contribution in [3.8, 4) is 17.1 Å². The molecule has 0 aliphatic carbocycles. The van der Waals surface area contributed by atoms with Gasteiger partial charge in [0, 0.05) is 11.6 Å². The first-order valence-electron chi connectivity index (χ1n) is 9.77. The highest BCUT2D eigenvalue weighted by Crippen LogP contribution is 2.22. The van der Waals surface area contributed by atoms with Crippen LogP contribution >= 0.6 is 0 Å². The second-order valence-corrected chi connectivity index (χ2v) is 7.05. The van der Waals surface area contributed by atoms with E-state index in [4.69, 9.17) is 4.74 Å². The maximum Gasteiger partial charge on any atom is 0.280 e. The Labute approximate surface area is 179 Å². The van der Waals surface area contributed by atoms with Crippen LogP contribution in [0.3, 0.4) is 0 Å². The highest BCUT2D eigenvalue weighted by molar-refractivity contribution is 5.98. The minimum Gasteiger partial charge on any atom is -0.497 e. The topological polar surface area (TPSA) is 73.2 Å². The van der Waals surface area contributed by atoms with Crippen molar-refractivity contribution < 1.29 is 9.53 Å². The van der Waals surface area contributed by atoms with Gasteiger partial charge in [0.15, 0.2) is 5.82 Å². The van der Waals surface area contributed by atoms with Gasteiger partial charge in [-0.25, -0.2) is 4.98 Å². The first-order chi connectivity index (χ1) is 15.0. The van der Waals surface area contributed by atoms with Gasteiger partial charge in [-0.15, -0.1) is 0 Å². The molecule has 0 radical (unpaired) electrons. The van der Waals surface area contributed by atoms with Gasteiger partial charge in [-0.1, -0.05) is 54.1 Å². The van der Waals surface area contributed by atoms with Crippen LogP contribution in [0, 0.1) is 6.92 Å². The van der Waals surface area contributed by atoms with E-state index in [1.165, 1.54) is 10.8 Å². The van der Waals surface area contributed by atoms with Crippen LogP contribution in [-0.4, -0.2) is 22.7 Å². The third-order valence-corrected chi connectivity index (χ3v) is 4.83. The van der Waals surface area contributed by atoms with E-state index in [0.717, 1.165) is 11.1 Å². The third kappa shape index (κ3) is 4.38. The number of nitrogens with one attached hydrogen (secondary N) is 1. The molecule has 4 aromatic rings. The predicted octanol–water partition coefficient (Wildman–Crippen LogP) is 4.16. The molecule has 1 aromatic heterocycles. The van der Waals surface area contributed by atoms with Crippen LogP contribution in [0.25, 0.3) is 28.4 Å². The second-order valence-electron chi connectivity index (χ2n) is 7.05. The molecule has 1 N–H and O–H groups in total. The monoisotopic (exact) mass is 411 g/mol. The van der Waals surface area contributed by atoms with E-state index in [9.17, 15) is 9.59 Å². The van der Waals surface area contributed by atoms with Crippen molar-refractivity contribution in [3.63, 3.8) is 0 Å². The number of hydrogen-bond acceptors (Lipinski definition) is 4. The summed E-state index contributed by atoms with van der Waals surface area (Å²) in [5.74, 6) is 0.501. The number of carbonyl (C=O) groups is 1. The number of benzene rings is 3. The molecule has 0 atom stereocenters. The van der Waals surface area contributed by atoms with Crippen molar-refractivity contribution in [2.24, 2.45) is 0 Å². The predicted molar refractivity (Wildman–Crippen MR) is 123 cm³/mol. The zero-order chi connectivity index (χ0) is 21.8. The third-order valence-electron chi connectivity index (χ3n) is 4.83. The van der Waals surface area contributed by atoms with Gasteiger partial charge < -0.3 is 4.74 Å². The summed E-state index contributed by atoms with van der Waals surface area (Å²) in [6, 6.07) is 22.0. The second kappa shape index (κ2) is 8.67. The number of hydrogen-bond donors (Lipinski definition) is 1. The fraction of sp³-hybridized carbons (Fsp3) is 0.0800. The number of carbonyl (C=O) groups excluding carboxylic acids is 1. The van der Waals surface area contributed by atoms with E-state index in [2.05, 4.69) is 10.4 Å². The Morgan fingerprint density at radius 1 is 1.03 bits per heavy atom. The lowest BCUT2D eigenvalue weighted by Gasteiger charge is -2.14. The molecule has 4 rings (SSSR count). The summed E-state index contributed by atoms with van der Waals surface area (Å²) in [4.78, 5) is 30.4. The first-order valence-corrected chi connectivity index (χ1v) is 9.77. The quantitative estimate of drug-likeness (QED) is 0.501. The Kier molecular flexibility index (Phi) is 5.62. The van der Waals surface area contributed by atoms with Crippen molar-refractivity contribution in [2.45, 2.75) is 6.92 Å². The Hall–Kier alpha value is -4.19. The molecule has 0 bridgehead atoms. The zero-order valence-corrected chi connectivity index (χ0v) is 17.2. The first kappa shape index (κ1) is 20.1. The van der Waals surface area contributed by atoms with Gasteiger partial charge in [-0.2, -0.15) is 4.68 Å². The van der Waals surface area contributed by atoms with E-state index in [1.807, 2.05) is 43.3 Å². The van der Waals surface area contributed by atoms with Crippen molar-refractivity contribution >= 4 is 22.9 Å². The van der Waals surface area contributed by atoms with E-state index >= 15 is 0 Å². The van der Waals surface area contributed by atoms with Crippen LogP contribution in [0.5, 0.6) is 5.75 Å². The van der Waals surface area contributed by atoms with Gasteiger partial charge in [-0.05, 0) is 42.8 Å². The molecule has 6 heteroatoms. The lowest BCUT2D eigenvalue weighted by Crippen LogP contribution is -2.34. The fourth-order valence-electron chi connectivity index (χ4n) is 3.19. The summed E-state index contributed by atoms with van der Waals surface area (Å²) >= 11 is 0. The highest BCUT2D eigenvalue weighted by Gasteiger charge is 2.14. The number of amides is 1. The molecule has 0 spiro atoms. The molecule has 1 heterocycles. The van der Waals surface area contributed by atoms with Crippen LogP contribution in [0.15, 0.2) is 83.7 Å². The van der Waals surface area contributed by atoms with Crippen molar-refractivity contribution in [1.82, 2.24) is 9.66 Å². The minimum atomic E-state index is -0.441. The number of para-hydroxylation sites is 1. The van der Waals surface area contributed by atoms with Gasteiger partial charge >= 0.3 is 0 Å². The van der Waals surface area contributed by atoms with E-state index < -0.39 is 5.91 Å². The molecule has 0 fully saturated rings. The Bertz CT molecular complexity index is 1340. The molecule has 31 heavy (non-hydrogen) atoms. The van der Waals surface area contributed by atoms with E-state index in [-0.39, 0.29) is 5.56 Å². The van der Waals surface area contributed by atoms with Crippen LogP contribution in [0.1, 0.15) is 11.1 Å². The normalized spacial score (nSPS) is 11.0. The molecule has 1 amide bonds. The Morgan fingerprint density at radius 3 is 2.58 bits per heavy atom. The SMILES string of the molecule is COc1cccc(-c2nc3ccccc3c(=O)n2NC(=O)/C=C/c2ccc(C)cc2)c1. The average molecular weight is 411 g/mol. The summed E-state index contributed by atoms with van der Waals surface area (Å²) in [5.41, 5.74) is 5.52. The van der Waals surface area contributed by atoms with Crippen LogP contribution in [0.2, 0.25) is 0 Å². The molecule has 3 aromatic carbocycles. The fourth-order valence-corrected chi connectivity index (χ4v) is 3.19. The van der Waals surface area contributed by atoms with Gasteiger partial charge in [-0.3, -0.25) is 15.0 Å². The summed E-state index contributed by atoms with van der Waals surface area (Å²) in [7, 11) is 1.57. The summed E-state index contributed by atoms with van der Waals surface area (Å²) < 4.78 is 6.48.